The second-order valence-electron chi connectivity index (χ2n) is 10.2. The van der Waals surface area contributed by atoms with Crippen molar-refractivity contribution in [2.75, 3.05) is 0 Å². The van der Waals surface area contributed by atoms with Gasteiger partial charge in [-0.3, -0.25) is 4.79 Å². The summed E-state index contributed by atoms with van der Waals surface area (Å²) in [5.74, 6) is -0.110. The highest BCUT2D eigenvalue weighted by Crippen LogP contribution is 2.31. The number of hydrogen-bond acceptors (Lipinski definition) is 2. The van der Waals surface area contributed by atoms with E-state index in [0.717, 1.165) is 24.8 Å². The maximum absolute atomic E-state index is 12.2. The molecule has 0 aliphatic carbocycles. The van der Waals surface area contributed by atoms with Crippen molar-refractivity contribution in [1.29, 1.82) is 0 Å². The lowest BCUT2D eigenvalue weighted by molar-refractivity contribution is -0.150. The molecule has 0 heterocycles. The van der Waals surface area contributed by atoms with Gasteiger partial charge in [0.1, 0.15) is 6.10 Å². The largest absolute Gasteiger partial charge is 0.458 e. The molecule has 0 bridgehead atoms. The van der Waals surface area contributed by atoms with E-state index in [9.17, 15) is 4.79 Å². The fourth-order valence-electron chi connectivity index (χ4n) is 2.34. The molecule has 0 aromatic heterocycles. The Labute approximate surface area is 138 Å². The maximum Gasteiger partial charge on any atom is 0.306 e. The van der Waals surface area contributed by atoms with Gasteiger partial charge in [-0.2, -0.15) is 0 Å². The molecule has 2 heteroatoms. The molecule has 0 amide bonds. The predicted molar refractivity (Wildman–Crippen MR) is 95.9 cm³/mol. The van der Waals surface area contributed by atoms with Gasteiger partial charge in [-0.05, 0) is 41.1 Å². The smallest absolute Gasteiger partial charge is 0.306 e. The average molecular weight is 311 g/mol. The van der Waals surface area contributed by atoms with Crippen molar-refractivity contribution in [2.24, 2.45) is 16.2 Å². The first-order chi connectivity index (χ1) is 9.59. The predicted octanol–water partition coefficient (Wildman–Crippen LogP) is 6.15. The standard InChI is InChI=1S/C20H38O2/c1-15(13-19(5,6)7)16(11-12-18(2,3)4)22-17(21)14-20(8,9)10/h16H,1,11-14H2,2-10H3. The van der Waals surface area contributed by atoms with Gasteiger partial charge in [0.15, 0.2) is 0 Å². The zero-order valence-electron chi connectivity index (χ0n) is 16.4. The minimum atomic E-state index is -0.159. The molecule has 0 radical (unpaired) electrons. The van der Waals surface area contributed by atoms with Crippen LogP contribution in [0.3, 0.4) is 0 Å². The summed E-state index contributed by atoms with van der Waals surface area (Å²) in [7, 11) is 0. The minimum absolute atomic E-state index is 0.0446. The molecular formula is C20H38O2. The van der Waals surface area contributed by atoms with Crippen LogP contribution in [0.4, 0.5) is 0 Å². The Morgan fingerprint density at radius 2 is 1.32 bits per heavy atom. The lowest BCUT2D eigenvalue weighted by Gasteiger charge is -2.29. The maximum atomic E-state index is 12.2. The van der Waals surface area contributed by atoms with Crippen LogP contribution < -0.4 is 0 Å². The van der Waals surface area contributed by atoms with Gasteiger partial charge in [-0.25, -0.2) is 0 Å². The van der Waals surface area contributed by atoms with Gasteiger partial charge in [0.2, 0.25) is 0 Å². The van der Waals surface area contributed by atoms with E-state index in [1.165, 1.54) is 0 Å². The Morgan fingerprint density at radius 1 is 0.864 bits per heavy atom. The molecule has 130 valence electrons. The monoisotopic (exact) mass is 310 g/mol. The molecule has 0 N–H and O–H groups in total. The SMILES string of the molecule is C=C(CC(C)(C)C)C(CCC(C)(C)C)OC(=O)CC(C)(C)C. The summed E-state index contributed by atoms with van der Waals surface area (Å²) in [6.45, 7) is 23.6. The lowest BCUT2D eigenvalue weighted by atomic mass is 9.83. The molecule has 2 nitrogen and oxygen atoms in total. The van der Waals surface area contributed by atoms with Crippen LogP contribution in [0.5, 0.6) is 0 Å². The zero-order chi connectivity index (χ0) is 17.8. The molecule has 0 spiro atoms. The normalized spacial score (nSPS) is 14.6. The van der Waals surface area contributed by atoms with Crippen LogP contribution in [-0.2, 0) is 9.53 Å². The number of hydrogen-bond donors (Lipinski definition) is 0. The molecular weight excluding hydrogens is 272 g/mol. The number of carbonyl (C=O) groups excluding carboxylic acids is 1. The van der Waals surface area contributed by atoms with E-state index in [0.29, 0.717) is 6.42 Å². The van der Waals surface area contributed by atoms with Crippen LogP contribution in [0.2, 0.25) is 0 Å². The molecule has 1 unspecified atom stereocenters. The molecule has 0 aliphatic heterocycles. The van der Waals surface area contributed by atoms with Gasteiger partial charge in [-0.1, -0.05) is 68.9 Å². The third-order valence-corrected chi connectivity index (χ3v) is 3.32. The first-order valence-electron chi connectivity index (χ1n) is 8.46. The summed E-state index contributed by atoms with van der Waals surface area (Å²) < 4.78 is 5.79. The van der Waals surface area contributed by atoms with Gasteiger partial charge in [0.25, 0.3) is 0 Å². The molecule has 0 aromatic rings. The molecule has 0 aromatic carbocycles. The Bertz CT molecular complexity index is 372. The van der Waals surface area contributed by atoms with Crippen LogP contribution in [0.25, 0.3) is 0 Å². The molecule has 0 rings (SSSR count). The summed E-state index contributed by atoms with van der Waals surface area (Å²) in [6, 6.07) is 0. The molecule has 0 saturated heterocycles. The molecule has 0 aliphatic rings. The van der Waals surface area contributed by atoms with E-state index in [4.69, 9.17) is 4.74 Å². The summed E-state index contributed by atoms with van der Waals surface area (Å²) in [6.07, 6.45) is 3.04. The Balaban J connectivity index is 4.86. The van der Waals surface area contributed by atoms with Crippen LogP contribution in [0, 0.1) is 16.2 Å². The summed E-state index contributed by atoms with van der Waals surface area (Å²) in [4.78, 5) is 12.2. The van der Waals surface area contributed by atoms with E-state index in [1.807, 2.05) is 0 Å². The highest BCUT2D eigenvalue weighted by Gasteiger charge is 2.26. The fourth-order valence-corrected chi connectivity index (χ4v) is 2.34. The van der Waals surface area contributed by atoms with Crippen molar-refractivity contribution in [3.63, 3.8) is 0 Å². The van der Waals surface area contributed by atoms with Crippen molar-refractivity contribution in [1.82, 2.24) is 0 Å². The number of esters is 1. The third kappa shape index (κ3) is 11.8. The van der Waals surface area contributed by atoms with E-state index in [-0.39, 0.29) is 28.3 Å². The van der Waals surface area contributed by atoms with Gasteiger partial charge >= 0.3 is 5.97 Å². The summed E-state index contributed by atoms with van der Waals surface area (Å²) in [5.41, 5.74) is 1.39. The zero-order valence-corrected chi connectivity index (χ0v) is 16.4. The highest BCUT2D eigenvalue weighted by atomic mass is 16.5. The van der Waals surface area contributed by atoms with E-state index >= 15 is 0 Å². The summed E-state index contributed by atoms with van der Waals surface area (Å²) >= 11 is 0. The molecule has 0 fully saturated rings. The molecule has 0 saturated carbocycles. The number of ether oxygens (including phenoxy) is 1. The van der Waals surface area contributed by atoms with Gasteiger partial charge in [0, 0.05) is 0 Å². The molecule has 22 heavy (non-hydrogen) atoms. The lowest BCUT2D eigenvalue weighted by Crippen LogP contribution is -2.26. The summed E-state index contributed by atoms with van der Waals surface area (Å²) in [5, 5.41) is 0. The van der Waals surface area contributed by atoms with Crippen molar-refractivity contribution >= 4 is 5.97 Å². The number of carbonyl (C=O) groups is 1. The van der Waals surface area contributed by atoms with Crippen LogP contribution >= 0.6 is 0 Å². The van der Waals surface area contributed by atoms with Crippen LogP contribution in [0.1, 0.15) is 88.0 Å². The van der Waals surface area contributed by atoms with Gasteiger partial charge < -0.3 is 4.74 Å². The van der Waals surface area contributed by atoms with Gasteiger partial charge in [-0.15, -0.1) is 0 Å². The first kappa shape index (κ1) is 21.2. The van der Waals surface area contributed by atoms with Crippen molar-refractivity contribution in [3.8, 4) is 0 Å². The van der Waals surface area contributed by atoms with E-state index < -0.39 is 0 Å². The third-order valence-electron chi connectivity index (χ3n) is 3.32. The van der Waals surface area contributed by atoms with Crippen LogP contribution in [-0.4, -0.2) is 12.1 Å². The highest BCUT2D eigenvalue weighted by molar-refractivity contribution is 5.70. The van der Waals surface area contributed by atoms with Crippen molar-refractivity contribution in [3.05, 3.63) is 12.2 Å². The van der Waals surface area contributed by atoms with E-state index in [1.54, 1.807) is 0 Å². The minimum Gasteiger partial charge on any atom is -0.458 e. The van der Waals surface area contributed by atoms with Gasteiger partial charge in [0.05, 0.1) is 6.42 Å². The van der Waals surface area contributed by atoms with E-state index in [2.05, 4.69) is 68.9 Å². The quantitative estimate of drug-likeness (QED) is 0.434. The van der Waals surface area contributed by atoms with Crippen molar-refractivity contribution < 1.29 is 9.53 Å². The second-order valence-corrected chi connectivity index (χ2v) is 10.2. The first-order valence-corrected chi connectivity index (χ1v) is 8.46. The fraction of sp³-hybridized carbons (Fsp3) is 0.850. The average Bonchev–Trinajstić information content (AvgIpc) is 2.17. The van der Waals surface area contributed by atoms with Crippen LogP contribution in [0.15, 0.2) is 12.2 Å². The Morgan fingerprint density at radius 3 is 1.68 bits per heavy atom. The second kappa shape index (κ2) is 7.66. The Kier molecular flexibility index (Phi) is 7.38. The Hall–Kier alpha value is -0.790. The van der Waals surface area contributed by atoms with Crippen molar-refractivity contribution in [2.45, 2.75) is 94.1 Å². The molecule has 1 atom stereocenters. The number of rotatable bonds is 6. The topological polar surface area (TPSA) is 26.3 Å².